The average molecular weight is 613 g/mol. The minimum absolute atomic E-state index is 0.651. The highest BCUT2D eigenvalue weighted by atomic mass is 15.2. The van der Waals surface area contributed by atoms with Gasteiger partial charge in [-0.25, -0.2) is 15.0 Å². The number of aromatic nitrogens is 3. The van der Waals surface area contributed by atoms with Crippen LogP contribution in [0, 0.1) is 0 Å². The molecule has 0 amide bonds. The highest BCUT2D eigenvalue weighted by Gasteiger charge is 2.27. The van der Waals surface area contributed by atoms with E-state index >= 15 is 0 Å². The van der Waals surface area contributed by atoms with Gasteiger partial charge in [-0.1, -0.05) is 133 Å². The Kier molecular flexibility index (Phi) is 5.90. The number of rotatable bonds is 4. The zero-order chi connectivity index (χ0) is 31.6. The molecule has 8 aromatic rings. The van der Waals surface area contributed by atoms with Gasteiger partial charge in [0.25, 0.3) is 0 Å². The van der Waals surface area contributed by atoms with Crippen molar-refractivity contribution in [1.29, 1.82) is 0 Å². The number of hydrogen-bond acceptors (Lipinski definition) is 4. The van der Waals surface area contributed by atoms with E-state index in [9.17, 15) is 0 Å². The first-order valence-corrected chi connectivity index (χ1v) is 16.3. The molecular formula is C44H28N4. The molecule has 4 nitrogen and oxygen atoms in total. The summed E-state index contributed by atoms with van der Waals surface area (Å²) in [6.45, 7) is 0. The van der Waals surface area contributed by atoms with Crippen molar-refractivity contribution in [2.24, 2.45) is 0 Å². The molecule has 0 unspecified atom stereocenters. The second-order valence-electron chi connectivity index (χ2n) is 12.4. The van der Waals surface area contributed by atoms with Crippen molar-refractivity contribution in [3.63, 3.8) is 0 Å². The Morgan fingerprint density at radius 2 is 1.02 bits per heavy atom. The number of hydrogen-bond donors (Lipinski definition) is 0. The summed E-state index contributed by atoms with van der Waals surface area (Å²) < 4.78 is 0. The molecule has 2 aliphatic rings. The van der Waals surface area contributed by atoms with Gasteiger partial charge in [-0.3, -0.25) is 0 Å². The fourth-order valence-corrected chi connectivity index (χ4v) is 7.53. The van der Waals surface area contributed by atoms with Gasteiger partial charge in [0, 0.05) is 33.3 Å². The number of nitrogens with zero attached hydrogens (tertiary/aromatic N) is 4. The van der Waals surface area contributed by atoms with Crippen LogP contribution in [0.3, 0.4) is 0 Å². The molecule has 4 heteroatoms. The molecule has 2 heterocycles. The van der Waals surface area contributed by atoms with Crippen molar-refractivity contribution in [2.45, 2.75) is 6.42 Å². The van der Waals surface area contributed by atoms with Crippen molar-refractivity contribution >= 4 is 27.8 Å². The molecule has 48 heavy (non-hydrogen) atoms. The molecule has 0 spiro atoms. The fraction of sp³-hybridized carbons (Fsp3) is 0.0227. The molecule has 7 aromatic carbocycles. The van der Waals surface area contributed by atoms with E-state index in [1.807, 2.05) is 18.2 Å². The van der Waals surface area contributed by atoms with Crippen molar-refractivity contribution < 1.29 is 0 Å². The maximum atomic E-state index is 5.20. The summed E-state index contributed by atoms with van der Waals surface area (Å²) in [5.41, 5.74) is 14.0. The molecule has 0 bridgehead atoms. The van der Waals surface area contributed by atoms with Crippen LogP contribution < -0.4 is 4.90 Å². The first-order chi connectivity index (χ1) is 23.8. The van der Waals surface area contributed by atoms with Crippen LogP contribution in [0.5, 0.6) is 0 Å². The van der Waals surface area contributed by atoms with E-state index in [1.54, 1.807) is 0 Å². The third-order valence-corrected chi connectivity index (χ3v) is 9.68. The number of benzene rings is 7. The third kappa shape index (κ3) is 4.13. The van der Waals surface area contributed by atoms with E-state index in [0.717, 1.165) is 34.5 Å². The molecule has 0 fully saturated rings. The fourth-order valence-electron chi connectivity index (χ4n) is 7.53. The average Bonchev–Trinajstić information content (AvgIpc) is 3.54. The van der Waals surface area contributed by atoms with E-state index in [1.165, 1.54) is 49.8 Å². The number of fused-ring (bicyclic) bond motifs is 5. The van der Waals surface area contributed by atoms with E-state index in [2.05, 4.69) is 144 Å². The standard InChI is InChI=1S/C44H28N4/c1-2-12-29(13-3-1)42-45-43(47-44(46-42)37-23-11-21-34-33-19-5-4-14-30(33)27-38(34)37)31-17-8-18-32(26-31)48-39-24-7-6-20-35(39)36-22-9-15-28-16-10-25-40(48)41(28)36/h1-26H,27H2. The SMILES string of the molecule is c1ccc(-c2nc(-c3cccc(N4c5ccccc5-c5cccc6cccc4c56)c3)nc(-c3cccc4c3Cc3ccccc3-4)n2)cc1. The predicted octanol–water partition coefficient (Wildman–Crippen LogP) is 11.0. The largest absolute Gasteiger partial charge is 0.309 e. The van der Waals surface area contributed by atoms with Gasteiger partial charge in [-0.2, -0.15) is 0 Å². The number of anilines is 3. The highest BCUT2D eigenvalue weighted by molar-refractivity contribution is 6.13. The van der Waals surface area contributed by atoms with Gasteiger partial charge < -0.3 is 4.90 Å². The molecule has 10 rings (SSSR count). The van der Waals surface area contributed by atoms with Gasteiger partial charge in [-0.15, -0.1) is 0 Å². The molecular weight excluding hydrogens is 585 g/mol. The second kappa shape index (κ2) is 10.6. The molecule has 1 aliphatic heterocycles. The van der Waals surface area contributed by atoms with Crippen LogP contribution in [0.1, 0.15) is 11.1 Å². The van der Waals surface area contributed by atoms with E-state index in [-0.39, 0.29) is 0 Å². The van der Waals surface area contributed by atoms with Crippen LogP contribution in [-0.4, -0.2) is 15.0 Å². The van der Waals surface area contributed by atoms with Gasteiger partial charge in [0.1, 0.15) is 0 Å². The van der Waals surface area contributed by atoms with Crippen LogP contribution in [0.25, 0.3) is 67.2 Å². The van der Waals surface area contributed by atoms with Gasteiger partial charge in [0.2, 0.25) is 0 Å². The lowest BCUT2D eigenvalue weighted by molar-refractivity contribution is 1.07. The predicted molar refractivity (Wildman–Crippen MR) is 196 cm³/mol. The molecule has 1 aliphatic carbocycles. The zero-order valence-corrected chi connectivity index (χ0v) is 26.0. The first kappa shape index (κ1) is 26.8. The summed E-state index contributed by atoms with van der Waals surface area (Å²) in [6, 6.07) is 55.7. The van der Waals surface area contributed by atoms with Crippen LogP contribution in [0.4, 0.5) is 17.1 Å². The molecule has 0 radical (unpaired) electrons. The summed E-state index contributed by atoms with van der Waals surface area (Å²) in [6.07, 6.45) is 0.861. The lowest BCUT2D eigenvalue weighted by atomic mass is 9.91. The molecule has 0 N–H and O–H groups in total. The molecule has 0 saturated carbocycles. The summed E-state index contributed by atoms with van der Waals surface area (Å²) in [5, 5.41) is 2.49. The zero-order valence-electron chi connectivity index (χ0n) is 26.0. The van der Waals surface area contributed by atoms with Gasteiger partial charge >= 0.3 is 0 Å². The van der Waals surface area contributed by atoms with Crippen LogP contribution in [0.2, 0.25) is 0 Å². The Morgan fingerprint density at radius 3 is 1.92 bits per heavy atom. The highest BCUT2D eigenvalue weighted by Crippen LogP contribution is 2.51. The van der Waals surface area contributed by atoms with E-state index in [4.69, 9.17) is 15.0 Å². The maximum Gasteiger partial charge on any atom is 0.164 e. The van der Waals surface area contributed by atoms with Crippen molar-refractivity contribution in [3.8, 4) is 56.4 Å². The third-order valence-electron chi connectivity index (χ3n) is 9.68. The molecule has 0 saturated heterocycles. The maximum absolute atomic E-state index is 5.20. The molecule has 224 valence electrons. The Balaban J connectivity index is 1.16. The summed E-state index contributed by atoms with van der Waals surface area (Å²) in [4.78, 5) is 17.8. The summed E-state index contributed by atoms with van der Waals surface area (Å²) >= 11 is 0. The van der Waals surface area contributed by atoms with Gasteiger partial charge in [0.15, 0.2) is 17.5 Å². The van der Waals surface area contributed by atoms with E-state index in [0.29, 0.717) is 17.5 Å². The van der Waals surface area contributed by atoms with Crippen molar-refractivity contribution in [1.82, 2.24) is 15.0 Å². The molecule has 1 aromatic heterocycles. The minimum atomic E-state index is 0.651. The summed E-state index contributed by atoms with van der Waals surface area (Å²) in [5.74, 6) is 2.00. The topological polar surface area (TPSA) is 41.9 Å². The summed E-state index contributed by atoms with van der Waals surface area (Å²) in [7, 11) is 0. The Hall–Kier alpha value is -6.39. The first-order valence-electron chi connectivity index (χ1n) is 16.3. The minimum Gasteiger partial charge on any atom is -0.309 e. The second-order valence-corrected chi connectivity index (χ2v) is 12.4. The van der Waals surface area contributed by atoms with Crippen LogP contribution in [0.15, 0.2) is 158 Å². The van der Waals surface area contributed by atoms with Crippen LogP contribution >= 0.6 is 0 Å². The lowest BCUT2D eigenvalue weighted by Crippen LogP contribution is -2.15. The monoisotopic (exact) mass is 612 g/mol. The van der Waals surface area contributed by atoms with Crippen molar-refractivity contribution in [2.75, 3.05) is 4.90 Å². The Bertz CT molecular complexity index is 2550. The molecule has 0 atom stereocenters. The van der Waals surface area contributed by atoms with E-state index < -0.39 is 0 Å². The van der Waals surface area contributed by atoms with Crippen molar-refractivity contribution in [3.05, 3.63) is 169 Å². The quantitative estimate of drug-likeness (QED) is 0.198. The van der Waals surface area contributed by atoms with Crippen LogP contribution in [-0.2, 0) is 6.42 Å². The van der Waals surface area contributed by atoms with Gasteiger partial charge in [-0.05, 0) is 63.9 Å². The lowest BCUT2D eigenvalue weighted by Gasteiger charge is -2.33. The normalized spacial score (nSPS) is 12.5. The number of para-hydroxylation sites is 1. The smallest absolute Gasteiger partial charge is 0.164 e. The van der Waals surface area contributed by atoms with Gasteiger partial charge in [0.05, 0.1) is 11.4 Å². The Morgan fingerprint density at radius 1 is 0.417 bits per heavy atom. The Labute approximate surface area is 278 Å².